The Bertz CT molecular complexity index is 316. The van der Waals surface area contributed by atoms with Gasteiger partial charge in [0.05, 0.1) is 12.0 Å². The van der Waals surface area contributed by atoms with Crippen molar-refractivity contribution < 1.29 is 9.53 Å². The molecule has 2 aliphatic heterocycles. The Morgan fingerprint density at radius 1 is 1.35 bits per heavy atom. The molecule has 3 atom stereocenters. The van der Waals surface area contributed by atoms with Crippen LogP contribution in [0.3, 0.4) is 0 Å². The number of ether oxygens (including phenoxy) is 1. The SMILES string of the molecule is CCCC(CN)N1CCN(C(=O)C2CCOC2C)CC1. The maximum absolute atomic E-state index is 12.5. The van der Waals surface area contributed by atoms with Crippen LogP contribution in [-0.2, 0) is 9.53 Å². The monoisotopic (exact) mass is 283 g/mol. The Balaban J connectivity index is 1.83. The first-order chi connectivity index (χ1) is 9.67. The van der Waals surface area contributed by atoms with Gasteiger partial charge in [0.15, 0.2) is 0 Å². The van der Waals surface area contributed by atoms with Gasteiger partial charge in [0.1, 0.15) is 0 Å². The van der Waals surface area contributed by atoms with Gasteiger partial charge < -0.3 is 15.4 Å². The standard InChI is InChI=1S/C15H29N3O2/c1-3-4-13(11-16)17-6-8-18(9-7-17)15(19)14-5-10-20-12(14)2/h12-14H,3-11,16H2,1-2H3. The summed E-state index contributed by atoms with van der Waals surface area (Å²) in [6.07, 6.45) is 3.27. The number of hydrogen-bond acceptors (Lipinski definition) is 4. The lowest BCUT2D eigenvalue weighted by Crippen LogP contribution is -2.55. The number of amides is 1. The molecule has 0 aromatic heterocycles. The van der Waals surface area contributed by atoms with Gasteiger partial charge in [-0.1, -0.05) is 13.3 Å². The molecule has 1 amide bonds. The zero-order valence-corrected chi connectivity index (χ0v) is 12.9. The van der Waals surface area contributed by atoms with Crippen LogP contribution >= 0.6 is 0 Å². The first-order valence-electron chi connectivity index (χ1n) is 8.01. The molecule has 0 aromatic carbocycles. The van der Waals surface area contributed by atoms with Crippen LogP contribution in [0.1, 0.15) is 33.1 Å². The van der Waals surface area contributed by atoms with E-state index >= 15 is 0 Å². The molecule has 20 heavy (non-hydrogen) atoms. The van der Waals surface area contributed by atoms with Crippen molar-refractivity contribution in [1.82, 2.24) is 9.80 Å². The van der Waals surface area contributed by atoms with Crippen molar-refractivity contribution in [3.05, 3.63) is 0 Å². The van der Waals surface area contributed by atoms with E-state index < -0.39 is 0 Å². The number of rotatable bonds is 5. The Hall–Kier alpha value is -0.650. The average molecular weight is 283 g/mol. The van der Waals surface area contributed by atoms with E-state index in [9.17, 15) is 4.79 Å². The second kappa shape index (κ2) is 7.38. The topological polar surface area (TPSA) is 58.8 Å². The third kappa shape index (κ3) is 3.51. The highest BCUT2D eigenvalue weighted by molar-refractivity contribution is 5.79. The van der Waals surface area contributed by atoms with Gasteiger partial charge in [0.2, 0.25) is 5.91 Å². The van der Waals surface area contributed by atoms with Gasteiger partial charge in [-0.3, -0.25) is 9.69 Å². The molecule has 2 aliphatic rings. The smallest absolute Gasteiger partial charge is 0.228 e. The van der Waals surface area contributed by atoms with Crippen molar-refractivity contribution in [2.45, 2.75) is 45.3 Å². The molecular formula is C15H29N3O2. The summed E-state index contributed by atoms with van der Waals surface area (Å²) in [6, 6.07) is 0.478. The lowest BCUT2D eigenvalue weighted by atomic mass is 10.0. The molecule has 116 valence electrons. The molecule has 0 aromatic rings. The predicted octanol–water partition coefficient (Wildman–Crippen LogP) is 0.683. The van der Waals surface area contributed by atoms with Crippen LogP contribution < -0.4 is 5.73 Å². The molecule has 2 N–H and O–H groups in total. The summed E-state index contributed by atoms with van der Waals surface area (Å²) < 4.78 is 5.51. The molecule has 5 nitrogen and oxygen atoms in total. The number of carbonyl (C=O) groups is 1. The molecule has 0 spiro atoms. The Morgan fingerprint density at radius 3 is 2.55 bits per heavy atom. The Kier molecular flexibility index (Phi) is 5.81. The summed E-state index contributed by atoms with van der Waals surface area (Å²) in [4.78, 5) is 17.0. The molecule has 5 heteroatoms. The summed E-state index contributed by atoms with van der Waals surface area (Å²) in [5, 5.41) is 0. The molecule has 2 fully saturated rings. The fourth-order valence-corrected chi connectivity index (χ4v) is 3.38. The van der Waals surface area contributed by atoms with Crippen LogP contribution in [0.25, 0.3) is 0 Å². The molecular weight excluding hydrogens is 254 g/mol. The highest BCUT2D eigenvalue weighted by Gasteiger charge is 2.35. The molecule has 3 unspecified atom stereocenters. The van der Waals surface area contributed by atoms with Crippen LogP contribution in [0.4, 0.5) is 0 Å². The summed E-state index contributed by atoms with van der Waals surface area (Å²) >= 11 is 0. The van der Waals surface area contributed by atoms with Gasteiger partial charge in [-0.2, -0.15) is 0 Å². The molecule has 0 radical (unpaired) electrons. The van der Waals surface area contributed by atoms with Crippen molar-refractivity contribution in [2.75, 3.05) is 39.3 Å². The molecule has 0 aliphatic carbocycles. The lowest BCUT2D eigenvalue weighted by Gasteiger charge is -2.40. The third-order valence-electron chi connectivity index (χ3n) is 4.73. The number of carbonyl (C=O) groups excluding carboxylic acids is 1. The van der Waals surface area contributed by atoms with E-state index in [2.05, 4.69) is 11.8 Å². The Labute approximate surface area is 122 Å². The van der Waals surface area contributed by atoms with Crippen molar-refractivity contribution in [1.29, 1.82) is 0 Å². The fraction of sp³-hybridized carbons (Fsp3) is 0.933. The number of nitrogens with zero attached hydrogens (tertiary/aromatic N) is 2. The van der Waals surface area contributed by atoms with Crippen LogP contribution in [0.5, 0.6) is 0 Å². The second-order valence-corrected chi connectivity index (χ2v) is 6.01. The highest BCUT2D eigenvalue weighted by Crippen LogP contribution is 2.23. The Morgan fingerprint density at radius 2 is 2.05 bits per heavy atom. The normalized spacial score (nSPS) is 29.6. The first-order valence-corrected chi connectivity index (χ1v) is 8.01. The van der Waals surface area contributed by atoms with Gasteiger partial charge >= 0.3 is 0 Å². The van der Waals surface area contributed by atoms with E-state index in [1.807, 2.05) is 11.8 Å². The zero-order chi connectivity index (χ0) is 14.5. The summed E-state index contributed by atoms with van der Waals surface area (Å²) in [6.45, 7) is 9.23. The largest absolute Gasteiger partial charge is 0.378 e. The summed E-state index contributed by atoms with van der Waals surface area (Å²) in [7, 11) is 0. The van der Waals surface area contributed by atoms with Gasteiger partial charge in [-0.25, -0.2) is 0 Å². The van der Waals surface area contributed by atoms with Gasteiger partial charge in [0, 0.05) is 45.4 Å². The maximum Gasteiger partial charge on any atom is 0.228 e. The molecule has 2 rings (SSSR count). The van der Waals surface area contributed by atoms with E-state index in [4.69, 9.17) is 10.5 Å². The lowest BCUT2D eigenvalue weighted by molar-refractivity contribution is -0.139. The van der Waals surface area contributed by atoms with Crippen molar-refractivity contribution >= 4 is 5.91 Å². The van der Waals surface area contributed by atoms with Crippen LogP contribution in [0.15, 0.2) is 0 Å². The van der Waals surface area contributed by atoms with Gasteiger partial charge in [-0.15, -0.1) is 0 Å². The molecule has 2 saturated heterocycles. The van der Waals surface area contributed by atoms with E-state index in [1.165, 1.54) is 0 Å². The van der Waals surface area contributed by atoms with E-state index in [1.54, 1.807) is 0 Å². The quantitative estimate of drug-likeness (QED) is 0.806. The summed E-state index contributed by atoms with van der Waals surface area (Å²) in [5.41, 5.74) is 5.86. The minimum Gasteiger partial charge on any atom is -0.378 e. The van der Waals surface area contributed by atoms with E-state index in [0.29, 0.717) is 6.04 Å². The van der Waals surface area contributed by atoms with Crippen molar-refractivity contribution in [3.63, 3.8) is 0 Å². The van der Waals surface area contributed by atoms with Crippen LogP contribution in [-0.4, -0.2) is 67.2 Å². The number of nitrogens with two attached hydrogens (primary N) is 1. The maximum atomic E-state index is 12.5. The van der Waals surface area contributed by atoms with Crippen molar-refractivity contribution in [3.8, 4) is 0 Å². The predicted molar refractivity (Wildman–Crippen MR) is 79.4 cm³/mol. The van der Waals surface area contributed by atoms with Gasteiger partial charge in [0.25, 0.3) is 0 Å². The molecule has 2 heterocycles. The second-order valence-electron chi connectivity index (χ2n) is 6.01. The van der Waals surface area contributed by atoms with Gasteiger partial charge in [-0.05, 0) is 19.8 Å². The van der Waals surface area contributed by atoms with Crippen molar-refractivity contribution in [2.24, 2.45) is 11.7 Å². The minimum atomic E-state index is 0.0718. The average Bonchev–Trinajstić information content (AvgIpc) is 2.90. The number of piperazine rings is 1. The number of hydrogen-bond donors (Lipinski definition) is 1. The first kappa shape index (κ1) is 15.7. The summed E-state index contributed by atoms with van der Waals surface area (Å²) in [5.74, 6) is 0.358. The minimum absolute atomic E-state index is 0.0718. The zero-order valence-electron chi connectivity index (χ0n) is 12.9. The fourth-order valence-electron chi connectivity index (χ4n) is 3.38. The molecule has 0 bridgehead atoms. The van der Waals surface area contributed by atoms with E-state index in [-0.39, 0.29) is 17.9 Å². The highest BCUT2D eigenvalue weighted by atomic mass is 16.5. The molecule has 0 saturated carbocycles. The van der Waals surface area contributed by atoms with E-state index in [0.717, 1.165) is 58.6 Å². The third-order valence-corrected chi connectivity index (χ3v) is 4.73. The van der Waals surface area contributed by atoms with Crippen LogP contribution in [0, 0.1) is 5.92 Å². The van der Waals surface area contributed by atoms with Crippen LogP contribution in [0.2, 0.25) is 0 Å².